The van der Waals surface area contributed by atoms with Gasteiger partial charge in [-0.3, -0.25) is 18.9 Å². The summed E-state index contributed by atoms with van der Waals surface area (Å²) in [5.41, 5.74) is 3.61. The second kappa shape index (κ2) is 9.59. The van der Waals surface area contributed by atoms with Gasteiger partial charge in [-0.05, 0) is 55.8 Å². The van der Waals surface area contributed by atoms with Crippen molar-refractivity contribution in [1.29, 1.82) is 5.26 Å². The standard InChI is InChI=1S/C27H20N6O4S/c1-16-7-10-19(11-8-16)31-32-20-12-9-18(24(13-20)38(35,36)37)15-29-25-17(2)21(14-28)26-30-22-5-3-4-6-23(22)33(26)27(25)34/h3-13H,15H2,1-2H3,(H,35,36,37). The van der Waals surface area contributed by atoms with Gasteiger partial charge in [0.15, 0.2) is 5.82 Å². The maximum absolute atomic E-state index is 13.4. The average Bonchev–Trinajstić information content (AvgIpc) is 3.28. The number of hydrogen-bond acceptors (Lipinski definition) is 8. The molecule has 3 aromatic carbocycles. The molecule has 0 amide bonds. The molecule has 2 heterocycles. The molecule has 1 N–H and O–H groups in total. The van der Waals surface area contributed by atoms with Gasteiger partial charge in [0.2, 0.25) is 0 Å². The highest BCUT2D eigenvalue weighted by molar-refractivity contribution is 7.85. The van der Waals surface area contributed by atoms with Gasteiger partial charge in [0, 0.05) is 5.57 Å². The molecule has 0 aliphatic carbocycles. The smallest absolute Gasteiger partial charge is 0.282 e. The lowest BCUT2D eigenvalue weighted by Crippen LogP contribution is -2.29. The normalized spacial score (nSPS) is 14.9. The van der Waals surface area contributed by atoms with Crippen molar-refractivity contribution < 1.29 is 17.8 Å². The van der Waals surface area contributed by atoms with Crippen LogP contribution >= 0.6 is 0 Å². The van der Waals surface area contributed by atoms with E-state index in [1.54, 1.807) is 43.3 Å². The lowest BCUT2D eigenvalue weighted by Gasteiger charge is -2.17. The molecule has 1 aromatic heterocycles. The van der Waals surface area contributed by atoms with Gasteiger partial charge in [0.25, 0.3) is 16.0 Å². The van der Waals surface area contributed by atoms with Gasteiger partial charge < -0.3 is 0 Å². The lowest BCUT2D eigenvalue weighted by atomic mass is 10.0. The zero-order valence-corrected chi connectivity index (χ0v) is 21.1. The van der Waals surface area contributed by atoms with Crippen molar-refractivity contribution >= 4 is 49.7 Å². The van der Waals surface area contributed by atoms with Crippen LogP contribution in [0.5, 0.6) is 0 Å². The number of carbonyl (C=O) groups excluding carboxylic acids is 1. The highest BCUT2D eigenvalue weighted by Gasteiger charge is 2.32. The van der Waals surface area contributed by atoms with Gasteiger partial charge in [0.05, 0.1) is 29.0 Å². The maximum atomic E-state index is 13.4. The van der Waals surface area contributed by atoms with Crippen LogP contribution in [0.25, 0.3) is 16.6 Å². The summed E-state index contributed by atoms with van der Waals surface area (Å²) in [7, 11) is -4.64. The highest BCUT2D eigenvalue weighted by atomic mass is 32.2. The monoisotopic (exact) mass is 524 g/mol. The number of carbonyl (C=O) groups is 1. The van der Waals surface area contributed by atoms with E-state index in [9.17, 15) is 23.0 Å². The van der Waals surface area contributed by atoms with Gasteiger partial charge >= 0.3 is 0 Å². The highest BCUT2D eigenvalue weighted by Crippen LogP contribution is 2.30. The predicted octanol–water partition coefficient (Wildman–Crippen LogP) is 5.60. The minimum atomic E-state index is -4.64. The van der Waals surface area contributed by atoms with E-state index in [4.69, 9.17) is 0 Å². The van der Waals surface area contributed by atoms with E-state index in [-0.39, 0.29) is 34.9 Å². The first-order valence-electron chi connectivity index (χ1n) is 11.4. The summed E-state index contributed by atoms with van der Waals surface area (Å²) in [6.45, 7) is 3.29. The van der Waals surface area contributed by atoms with E-state index in [1.165, 1.54) is 22.8 Å². The van der Waals surface area contributed by atoms with E-state index in [1.807, 2.05) is 19.1 Å². The molecule has 0 saturated carbocycles. The molecule has 11 heteroatoms. The lowest BCUT2D eigenvalue weighted by molar-refractivity contribution is 0.0992. The molecular formula is C27H20N6O4S. The Morgan fingerprint density at radius 3 is 2.39 bits per heavy atom. The molecule has 4 aromatic rings. The van der Waals surface area contributed by atoms with Crippen molar-refractivity contribution in [3.63, 3.8) is 0 Å². The van der Waals surface area contributed by atoms with Crippen molar-refractivity contribution in [2.75, 3.05) is 0 Å². The number of aryl methyl sites for hydroxylation is 1. The topological polar surface area (TPSA) is 150 Å². The van der Waals surface area contributed by atoms with E-state index in [2.05, 4.69) is 26.3 Å². The van der Waals surface area contributed by atoms with Crippen LogP contribution in [-0.2, 0) is 16.7 Å². The molecule has 10 nitrogen and oxygen atoms in total. The summed E-state index contributed by atoms with van der Waals surface area (Å²) in [6.07, 6.45) is 0. The van der Waals surface area contributed by atoms with Crippen molar-refractivity contribution in [1.82, 2.24) is 9.55 Å². The summed E-state index contributed by atoms with van der Waals surface area (Å²) < 4.78 is 35.6. The van der Waals surface area contributed by atoms with Crippen molar-refractivity contribution in [2.45, 2.75) is 25.3 Å². The van der Waals surface area contributed by atoms with Crippen LogP contribution in [0.4, 0.5) is 11.4 Å². The Bertz CT molecular complexity index is 1860. The molecular weight excluding hydrogens is 504 g/mol. The molecule has 0 fully saturated rings. The number of allylic oxidation sites excluding steroid dienone is 2. The Labute approximate surface area is 218 Å². The van der Waals surface area contributed by atoms with Crippen LogP contribution in [0.3, 0.4) is 0 Å². The Morgan fingerprint density at radius 2 is 1.68 bits per heavy atom. The van der Waals surface area contributed by atoms with Crippen LogP contribution < -0.4 is 0 Å². The molecule has 0 unspecified atom stereocenters. The third kappa shape index (κ3) is 4.54. The molecule has 1 aliphatic rings. The minimum Gasteiger partial charge on any atom is -0.282 e. The third-order valence-electron chi connectivity index (χ3n) is 6.08. The van der Waals surface area contributed by atoms with Crippen LogP contribution in [-0.4, -0.2) is 34.1 Å². The molecule has 0 saturated heterocycles. The Morgan fingerprint density at radius 1 is 1.00 bits per heavy atom. The number of rotatable bonds is 5. The molecule has 188 valence electrons. The number of imidazole rings is 1. The van der Waals surface area contributed by atoms with Crippen molar-refractivity contribution in [3.8, 4) is 6.07 Å². The Kier molecular flexibility index (Phi) is 6.28. The molecule has 5 rings (SSSR count). The zero-order chi connectivity index (χ0) is 27.0. The molecule has 0 spiro atoms. The fourth-order valence-electron chi connectivity index (χ4n) is 4.14. The fraction of sp³-hybridized carbons (Fsp3) is 0.111. The summed E-state index contributed by atoms with van der Waals surface area (Å²) in [5, 5.41) is 18.0. The maximum Gasteiger partial charge on any atom is 0.294 e. The number of benzene rings is 3. The summed E-state index contributed by atoms with van der Waals surface area (Å²) in [6, 6.07) is 20.6. The van der Waals surface area contributed by atoms with Gasteiger partial charge in [0.1, 0.15) is 22.2 Å². The largest absolute Gasteiger partial charge is 0.294 e. The number of nitriles is 1. The van der Waals surface area contributed by atoms with Crippen LogP contribution in [0.15, 0.2) is 92.4 Å². The van der Waals surface area contributed by atoms with Crippen LogP contribution in [0.1, 0.15) is 28.7 Å². The van der Waals surface area contributed by atoms with Gasteiger partial charge in [-0.25, -0.2) is 4.98 Å². The molecule has 1 aliphatic heterocycles. The first-order valence-corrected chi connectivity index (χ1v) is 12.9. The van der Waals surface area contributed by atoms with E-state index in [0.717, 1.165) is 5.56 Å². The van der Waals surface area contributed by atoms with Crippen LogP contribution in [0.2, 0.25) is 0 Å². The van der Waals surface area contributed by atoms with Gasteiger partial charge in [-0.15, -0.1) is 0 Å². The molecule has 0 atom stereocenters. The minimum absolute atomic E-state index is 0.00151. The van der Waals surface area contributed by atoms with Crippen LogP contribution in [0, 0.1) is 18.3 Å². The molecule has 38 heavy (non-hydrogen) atoms. The Balaban J connectivity index is 1.52. The summed E-state index contributed by atoms with van der Waals surface area (Å²) in [5.74, 6) is -0.251. The zero-order valence-electron chi connectivity index (χ0n) is 20.3. The number of hydrogen-bond donors (Lipinski definition) is 1. The van der Waals surface area contributed by atoms with Gasteiger partial charge in [-0.1, -0.05) is 35.9 Å². The van der Waals surface area contributed by atoms with Gasteiger partial charge in [-0.2, -0.15) is 23.9 Å². The molecule has 0 radical (unpaired) electrons. The SMILES string of the molecule is CC1=C(C#N)c2nc3ccccc3n2C(=O)C1=NCc1ccc(N=Nc2ccc(C)cc2)cc1S(=O)(=O)O. The first kappa shape index (κ1) is 24.9. The number of nitrogens with zero attached hydrogens (tertiary/aromatic N) is 6. The number of azo groups is 1. The first-order chi connectivity index (χ1) is 18.2. The number of para-hydroxylation sites is 2. The Hall–Kier alpha value is -4.79. The predicted molar refractivity (Wildman–Crippen MR) is 141 cm³/mol. The second-order valence-electron chi connectivity index (χ2n) is 8.64. The van der Waals surface area contributed by atoms with E-state index < -0.39 is 20.9 Å². The fourth-order valence-corrected chi connectivity index (χ4v) is 4.87. The number of aliphatic imine (C=N–C) groups is 1. The average molecular weight is 525 g/mol. The number of aromatic nitrogens is 2. The van der Waals surface area contributed by atoms with Crippen molar-refractivity contribution in [3.05, 3.63) is 89.3 Å². The third-order valence-corrected chi connectivity index (χ3v) is 7.02. The molecule has 0 bridgehead atoms. The summed E-state index contributed by atoms with van der Waals surface area (Å²) >= 11 is 0. The van der Waals surface area contributed by atoms with Crippen molar-refractivity contribution in [2.24, 2.45) is 15.2 Å². The quantitative estimate of drug-likeness (QED) is 0.265. The summed E-state index contributed by atoms with van der Waals surface area (Å²) in [4.78, 5) is 21.8. The second-order valence-corrected chi connectivity index (χ2v) is 10.0. The van der Waals surface area contributed by atoms with E-state index in [0.29, 0.717) is 22.3 Å². The van der Waals surface area contributed by atoms with E-state index >= 15 is 0 Å². The number of fused-ring (bicyclic) bond motifs is 3.